The van der Waals surface area contributed by atoms with Crippen LogP contribution in [0.25, 0.3) is 0 Å². The molecule has 0 spiro atoms. The van der Waals surface area contributed by atoms with Gasteiger partial charge in [-0.3, -0.25) is 4.79 Å². The van der Waals surface area contributed by atoms with Gasteiger partial charge in [-0.2, -0.15) is 10.1 Å². The quantitative estimate of drug-likeness (QED) is 0.860. The van der Waals surface area contributed by atoms with Gasteiger partial charge in [-0.05, 0) is 31.9 Å². The van der Waals surface area contributed by atoms with E-state index in [9.17, 15) is 4.79 Å². The van der Waals surface area contributed by atoms with Crippen LogP contribution in [-0.2, 0) is 4.79 Å². The zero-order valence-corrected chi connectivity index (χ0v) is 11.1. The maximum absolute atomic E-state index is 12.3. The lowest BCUT2D eigenvalue weighted by molar-refractivity contribution is -0.116. The van der Waals surface area contributed by atoms with E-state index in [1.807, 2.05) is 19.1 Å². The Morgan fingerprint density at radius 1 is 1.40 bits per heavy atom. The third-order valence-electron chi connectivity index (χ3n) is 3.84. The fraction of sp³-hybridized carbons (Fsp3) is 0.357. The lowest BCUT2D eigenvalue weighted by Gasteiger charge is -2.30. The molecule has 0 bridgehead atoms. The number of Topliss-reactive ketones (excluding diaryl/α,β-unsaturated/α-hetero) is 1. The molecule has 0 fully saturated rings. The molecule has 2 aromatic rings. The number of carbonyl (C=O) groups excluding carboxylic acids is 1. The standard InChI is InChI=1S/C14H14N4O2/c1-8-5-6-11(20-8)13-12-9(3-2-4-10(12)19)17-14-15-7-16-18(13)14/h5-7,13H,2-4H2,1H3,(H,15,16,17). The number of rotatable bonds is 1. The number of fused-ring (bicyclic) bond motifs is 1. The van der Waals surface area contributed by atoms with Gasteiger partial charge in [0.2, 0.25) is 5.95 Å². The minimum Gasteiger partial charge on any atom is -0.464 e. The maximum Gasteiger partial charge on any atom is 0.226 e. The largest absolute Gasteiger partial charge is 0.464 e. The number of furan rings is 1. The minimum atomic E-state index is -0.301. The molecule has 0 amide bonds. The lowest BCUT2D eigenvalue weighted by Crippen LogP contribution is -2.31. The van der Waals surface area contributed by atoms with E-state index in [4.69, 9.17) is 4.42 Å². The van der Waals surface area contributed by atoms with Gasteiger partial charge < -0.3 is 9.73 Å². The van der Waals surface area contributed by atoms with Crippen LogP contribution in [0.3, 0.4) is 0 Å². The summed E-state index contributed by atoms with van der Waals surface area (Å²) in [5.74, 6) is 2.39. The number of ketones is 1. The molecule has 0 saturated carbocycles. The van der Waals surface area contributed by atoms with E-state index in [2.05, 4.69) is 15.4 Å². The second-order valence-corrected chi connectivity index (χ2v) is 5.17. The SMILES string of the molecule is Cc1ccc(C2C3=C(CCCC3=O)Nc3ncnn32)o1. The monoisotopic (exact) mass is 270 g/mol. The highest BCUT2D eigenvalue weighted by atomic mass is 16.3. The molecule has 1 aliphatic carbocycles. The number of carbonyl (C=O) groups is 1. The van der Waals surface area contributed by atoms with Crippen LogP contribution in [0, 0.1) is 6.92 Å². The normalized spacial score (nSPS) is 21.4. The molecular formula is C14H14N4O2. The van der Waals surface area contributed by atoms with Crippen molar-refractivity contribution in [2.45, 2.75) is 32.2 Å². The van der Waals surface area contributed by atoms with Crippen LogP contribution in [-0.4, -0.2) is 20.5 Å². The summed E-state index contributed by atoms with van der Waals surface area (Å²) in [6.45, 7) is 1.89. The van der Waals surface area contributed by atoms with Crippen molar-refractivity contribution in [1.29, 1.82) is 0 Å². The van der Waals surface area contributed by atoms with E-state index in [-0.39, 0.29) is 11.8 Å². The van der Waals surface area contributed by atoms with Gasteiger partial charge in [-0.15, -0.1) is 0 Å². The van der Waals surface area contributed by atoms with Crippen molar-refractivity contribution >= 4 is 11.7 Å². The molecule has 0 radical (unpaired) electrons. The van der Waals surface area contributed by atoms with Crippen molar-refractivity contribution in [3.63, 3.8) is 0 Å². The van der Waals surface area contributed by atoms with E-state index in [1.54, 1.807) is 4.68 Å². The lowest BCUT2D eigenvalue weighted by atomic mass is 9.88. The third kappa shape index (κ3) is 1.54. The number of hydrogen-bond donors (Lipinski definition) is 1. The Morgan fingerprint density at radius 2 is 2.30 bits per heavy atom. The van der Waals surface area contributed by atoms with Gasteiger partial charge in [-0.25, -0.2) is 4.68 Å². The van der Waals surface area contributed by atoms with Crippen molar-refractivity contribution in [2.24, 2.45) is 0 Å². The van der Waals surface area contributed by atoms with Crippen LogP contribution in [0.2, 0.25) is 0 Å². The van der Waals surface area contributed by atoms with Crippen molar-refractivity contribution < 1.29 is 9.21 Å². The van der Waals surface area contributed by atoms with Crippen LogP contribution in [0.15, 0.2) is 34.1 Å². The molecular weight excluding hydrogens is 256 g/mol. The number of allylic oxidation sites excluding steroid dienone is 2. The molecule has 2 aliphatic rings. The Kier molecular flexibility index (Phi) is 2.33. The molecule has 102 valence electrons. The fourth-order valence-electron chi connectivity index (χ4n) is 2.96. The molecule has 20 heavy (non-hydrogen) atoms. The average molecular weight is 270 g/mol. The van der Waals surface area contributed by atoms with Gasteiger partial charge in [0, 0.05) is 17.7 Å². The zero-order chi connectivity index (χ0) is 13.7. The Hall–Kier alpha value is -2.37. The first-order valence-corrected chi connectivity index (χ1v) is 6.73. The Bertz CT molecular complexity index is 725. The number of aromatic nitrogens is 3. The van der Waals surface area contributed by atoms with Crippen LogP contribution in [0.1, 0.15) is 36.8 Å². The summed E-state index contributed by atoms with van der Waals surface area (Å²) in [5.41, 5.74) is 1.73. The first-order valence-electron chi connectivity index (χ1n) is 6.73. The number of nitrogens with one attached hydrogen (secondary N) is 1. The van der Waals surface area contributed by atoms with Gasteiger partial charge in [0.05, 0.1) is 0 Å². The third-order valence-corrected chi connectivity index (χ3v) is 3.84. The minimum absolute atomic E-state index is 0.166. The predicted molar refractivity (Wildman–Crippen MR) is 71.1 cm³/mol. The molecule has 2 aromatic heterocycles. The zero-order valence-electron chi connectivity index (χ0n) is 11.1. The van der Waals surface area contributed by atoms with Crippen molar-refractivity contribution in [3.05, 3.63) is 41.3 Å². The maximum atomic E-state index is 12.3. The molecule has 4 rings (SSSR count). The summed E-state index contributed by atoms with van der Waals surface area (Å²) in [5, 5.41) is 7.47. The molecule has 6 heteroatoms. The highest BCUT2D eigenvalue weighted by Crippen LogP contribution is 2.39. The summed E-state index contributed by atoms with van der Waals surface area (Å²) in [4.78, 5) is 16.6. The highest BCUT2D eigenvalue weighted by molar-refractivity contribution is 5.99. The van der Waals surface area contributed by atoms with Crippen molar-refractivity contribution in [3.8, 4) is 0 Å². The average Bonchev–Trinajstić information content (AvgIpc) is 3.05. The predicted octanol–water partition coefficient (Wildman–Crippen LogP) is 2.20. The van der Waals surface area contributed by atoms with E-state index in [1.165, 1.54) is 6.33 Å². The fourth-order valence-corrected chi connectivity index (χ4v) is 2.96. The van der Waals surface area contributed by atoms with Gasteiger partial charge >= 0.3 is 0 Å². The van der Waals surface area contributed by atoms with E-state index in [0.29, 0.717) is 12.4 Å². The first-order chi connectivity index (χ1) is 9.74. The van der Waals surface area contributed by atoms with Crippen LogP contribution < -0.4 is 5.32 Å². The first kappa shape index (κ1) is 11.5. The smallest absolute Gasteiger partial charge is 0.226 e. The summed E-state index contributed by atoms with van der Waals surface area (Å²) in [6, 6.07) is 3.51. The van der Waals surface area contributed by atoms with Crippen LogP contribution in [0.5, 0.6) is 0 Å². The van der Waals surface area contributed by atoms with Crippen LogP contribution >= 0.6 is 0 Å². The molecule has 1 unspecified atom stereocenters. The topological polar surface area (TPSA) is 73.0 Å². The van der Waals surface area contributed by atoms with Crippen molar-refractivity contribution in [1.82, 2.24) is 14.8 Å². The second kappa shape index (κ2) is 4.06. The molecule has 0 aromatic carbocycles. The van der Waals surface area contributed by atoms with Gasteiger partial charge in [0.25, 0.3) is 0 Å². The van der Waals surface area contributed by atoms with Gasteiger partial charge in [0.1, 0.15) is 23.9 Å². The number of hydrogen-bond acceptors (Lipinski definition) is 5. The number of aryl methyl sites for hydroxylation is 1. The van der Waals surface area contributed by atoms with Crippen LogP contribution in [0.4, 0.5) is 5.95 Å². The summed E-state index contributed by atoms with van der Waals surface area (Å²) < 4.78 is 7.47. The van der Waals surface area contributed by atoms with Gasteiger partial charge in [0.15, 0.2) is 5.78 Å². The molecule has 3 heterocycles. The van der Waals surface area contributed by atoms with Gasteiger partial charge in [-0.1, -0.05) is 0 Å². The Morgan fingerprint density at radius 3 is 3.10 bits per heavy atom. The molecule has 1 aliphatic heterocycles. The summed E-state index contributed by atoms with van der Waals surface area (Å²) in [7, 11) is 0. The van der Waals surface area contributed by atoms with E-state index in [0.717, 1.165) is 35.6 Å². The second-order valence-electron chi connectivity index (χ2n) is 5.17. The summed E-state index contributed by atoms with van der Waals surface area (Å²) >= 11 is 0. The van der Waals surface area contributed by atoms with E-state index < -0.39 is 0 Å². The molecule has 1 N–H and O–H groups in total. The molecule has 6 nitrogen and oxygen atoms in total. The summed E-state index contributed by atoms with van der Waals surface area (Å²) in [6.07, 6.45) is 3.82. The van der Waals surface area contributed by atoms with Crippen molar-refractivity contribution in [2.75, 3.05) is 5.32 Å². The number of anilines is 1. The van der Waals surface area contributed by atoms with E-state index >= 15 is 0 Å². The Labute approximate surface area is 115 Å². The molecule has 0 saturated heterocycles. The molecule has 1 atom stereocenters. The Balaban J connectivity index is 1.92. The highest BCUT2D eigenvalue weighted by Gasteiger charge is 2.37. The number of nitrogens with zero attached hydrogens (tertiary/aromatic N) is 3.